The van der Waals surface area contributed by atoms with Gasteiger partial charge in [0.15, 0.2) is 6.29 Å². The third-order valence-corrected chi connectivity index (χ3v) is 1.41. The Bertz CT molecular complexity index is 262. The lowest BCUT2D eigenvalue weighted by Crippen LogP contribution is -2.05. The Balaban J connectivity index is 2.75. The van der Waals surface area contributed by atoms with Crippen LogP contribution < -0.4 is 5.32 Å². The average Bonchev–Trinajstić information content (AvgIpc) is 2.15. The molecule has 0 saturated carbocycles. The molecule has 0 saturated heterocycles. The summed E-state index contributed by atoms with van der Waals surface area (Å²) >= 11 is 0. The Morgan fingerprint density at radius 1 is 1.67 bits per heavy atom. The van der Waals surface area contributed by atoms with Crippen molar-refractivity contribution in [3.05, 3.63) is 18.1 Å². The highest BCUT2D eigenvalue weighted by molar-refractivity contribution is 5.81. The van der Waals surface area contributed by atoms with Crippen LogP contribution in [-0.2, 0) is 0 Å². The summed E-state index contributed by atoms with van der Waals surface area (Å²) in [6.45, 7) is 2.87. The van der Waals surface area contributed by atoms with E-state index in [1.165, 1.54) is 12.5 Å². The maximum absolute atomic E-state index is 10.5. The predicted molar refractivity (Wildman–Crippen MR) is 46.2 cm³/mol. The summed E-state index contributed by atoms with van der Waals surface area (Å²) in [6.07, 6.45) is 4.67. The lowest BCUT2D eigenvalue weighted by Gasteiger charge is -2.03. The number of carbonyl (C=O) groups excluding carboxylic acids is 1. The van der Waals surface area contributed by atoms with E-state index in [1.54, 1.807) is 0 Å². The lowest BCUT2D eigenvalue weighted by molar-refractivity contribution is 0.112. The van der Waals surface area contributed by atoms with Gasteiger partial charge < -0.3 is 5.32 Å². The van der Waals surface area contributed by atoms with E-state index in [4.69, 9.17) is 0 Å². The second-order valence-electron chi connectivity index (χ2n) is 2.37. The summed E-state index contributed by atoms with van der Waals surface area (Å²) in [7, 11) is 0. The Hall–Kier alpha value is -1.45. The van der Waals surface area contributed by atoms with E-state index in [0.29, 0.717) is 11.4 Å². The summed E-state index contributed by atoms with van der Waals surface area (Å²) in [6, 6.07) is 0. The first-order chi connectivity index (χ1) is 5.88. The highest BCUT2D eigenvalue weighted by atomic mass is 16.1. The van der Waals surface area contributed by atoms with E-state index in [9.17, 15) is 4.79 Å². The third-order valence-electron chi connectivity index (χ3n) is 1.41. The maximum atomic E-state index is 10.5. The van der Waals surface area contributed by atoms with Gasteiger partial charge in [-0.25, -0.2) is 9.97 Å². The number of nitrogens with zero attached hydrogens (tertiary/aromatic N) is 2. The summed E-state index contributed by atoms with van der Waals surface area (Å²) in [5.74, 6) is 0.613. The molecule has 4 nitrogen and oxygen atoms in total. The molecule has 1 N–H and O–H groups in total. The van der Waals surface area contributed by atoms with Gasteiger partial charge in [-0.05, 0) is 6.42 Å². The van der Waals surface area contributed by atoms with Crippen LogP contribution in [0.3, 0.4) is 0 Å². The smallest absolute Gasteiger partial charge is 0.155 e. The van der Waals surface area contributed by atoms with Crippen molar-refractivity contribution in [3.63, 3.8) is 0 Å². The van der Waals surface area contributed by atoms with Crippen LogP contribution in [0.5, 0.6) is 0 Å². The molecule has 1 aromatic heterocycles. The first kappa shape index (κ1) is 8.64. The molecule has 0 aliphatic rings. The number of nitrogens with one attached hydrogen (secondary N) is 1. The number of rotatable bonds is 4. The number of aromatic nitrogens is 2. The number of aldehydes is 1. The molecule has 0 atom stereocenters. The fraction of sp³-hybridized carbons (Fsp3) is 0.375. The zero-order valence-electron chi connectivity index (χ0n) is 6.95. The van der Waals surface area contributed by atoms with Gasteiger partial charge in [-0.2, -0.15) is 0 Å². The van der Waals surface area contributed by atoms with Crippen LogP contribution in [0.2, 0.25) is 0 Å². The molecule has 0 unspecified atom stereocenters. The van der Waals surface area contributed by atoms with Gasteiger partial charge in [0.05, 0.1) is 5.56 Å². The molecule has 1 rings (SSSR count). The fourth-order valence-electron chi connectivity index (χ4n) is 0.818. The van der Waals surface area contributed by atoms with E-state index < -0.39 is 0 Å². The number of anilines is 1. The minimum absolute atomic E-state index is 0.506. The van der Waals surface area contributed by atoms with Crippen molar-refractivity contribution in [1.29, 1.82) is 0 Å². The minimum atomic E-state index is 0.506. The second kappa shape index (κ2) is 4.43. The largest absolute Gasteiger partial charge is 0.369 e. The number of hydrogen-bond donors (Lipinski definition) is 1. The predicted octanol–water partition coefficient (Wildman–Crippen LogP) is 1.11. The van der Waals surface area contributed by atoms with Gasteiger partial charge in [0.1, 0.15) is 12.1 Å². The van der Waals surface area contributed by atoms with Gasteiger partial charge in [-0.3, -0.25) is 4.79 Å². The van der Waals surface area contributed by atoms with Crippen molar-refractivity contribution in [2.24, 2.45) is 0 Å². The normalized spacial score (nSPS) is 9.42. The molecule has 0 bridgehead atoms. The van der Waals surface area contributed by atoms with Crippen LogP contribution in [0.1, 0.15) is 23.7 Å². The van der Waals surface area contributed by atoms with Crippen LogP contribution in [0.25, 0.3) is 0 Å². The molecule has 0 radical (unpaired) electrons. The lowest BCUT2D eigenvalue weighted by atomic mass is 10.3. The molecule has 0 amide bonds. The van der Waals surface area contributed by atoms with E-state index >= 15 is 0 Å². The summed E-state index contributed by atoms with van der Waals surface area (Å²) in [5.41, 5.74) is 0.506. The van der Waals surface area contributed by atoms with Crippen molar-refractivity contribution in [2.75, 3.05) is 11.9 Å². The molecule has 12 heavy (non-hydrogen) atoms. The maximum Gasteiger partial charge on any atom is 0.155 e. The van der Waals surface area contributed by atoms with Gasteiger partial charge in [0.25, 0.3) is 0 Å². The molecule has 0 aliphatic carbocycles. The van der Waals surface area contributed by atoms with Gasteiger partial charge in [0.2, 0.25) is 0 Å². The van der Waals surface area contributed by atoms with E-state index in [2.05, 4.69) is 22.2 Å². The molecular formula is C8H11N3O. The molecule has 0 fully saturated rings. The van der Waals surface area contributed by atoms with Crippen molar-refractivity contribution < 1.29 is 4.79 Å². The van der Waals surface area contributed by atoms with Crippen LogP contribution in [0, 0.1) is 0 Å². The van der Waals surface area contributed by atoms with E-state index in [-0.39, 0.29) is 0 Å². The van der Waals surface area contributed by atoms with Gasteiger partial charge in [-0.15, -0.1) is 0 Å². The van der Waals surface area contributed by atoms with Crippen molar-refractivity contribution >= 4 is 12.1 Å². The third kappa shape index (κ3) is 2.02. The Kier molecular flexibility index (Phi) is 3.19. The standard InChI is InChI=1S/C8H11N3O/c1-2-3-10-8-7(5-12)4-9-6-11-8/h4-6H,2-3H2,1H3,(H,9,10,11). The summed E-state index contributed by atoms with van der Waals surface area (Å²) in [5, 5.41) is 3.03. The average molecular weight is 165 g/mol. The molecule has 64 valence electrons. The Labute approximate surface area is 71.0 Å². The first-order valence-corrected chi connectivity index (χ1v) is 3.87. The Morgan fingerprint density at radius 3 is 3.17 bits per heavy atom. The summed E-state index contributed by atoms with van der Waals surface area (Å²) in [4.78, 5) is 18.1. The zero-order valence-corrected chi connectivity index (χ0v) is 6.95. The highest BCUT2D eigenvalue weighted by Crippen LogP contribution is 2.05. The molecule has 1 aromatic rings. The van der Waals surface area contributed by atoms with Crippen molar-refractivity contribution in [1.82, 2.24) is 9.97 Å². The fourth-order valence-corrected chi connectivity index (χ4v) is 0.818. The molecule has 1 heterocycles. The highest BCUT2D eigenvalue weighted by Gasteiger charge is 1.99. The topological polar surface area (TPSA) is 54.9 Å². The second-order valence-corrected chi connectivity index (χ2v) is 2.37. The molecule has 0 aromatic carbocycles. The number of carbonyl (C=O) groups is 1. The molecular weight excluding hydrogens is 154 g/mol. The first-order valence-electron chi connectivity index (χ1n) is 3.87. The minimum Gasteiger partial charge on any atom is -0.369 e. The van der Waals surface area contributed by atoms with Crippen LogP contribution in [0.4, 0.5) is 5.82 Å². The monoisotopic (exact) mass is 165 g/mol. The van der Waals surface area contributed by atoms with E-state index in [0.717, 1.165) is 19.3 Å². The van der Waals surface area contributed by atoms with Crippen LogP contribution >= 0.6 is 0 Å². The SMILES string of the molecule is CCCNc1ncncc1C=O. The summed E-state index contributed by atoms with van der Waals surface area (Å²) < 4.78 is 0. The molecule has 4 heteroatoms. The van der Waals surface area contributed by atoms with Gasteiger partial charge in [0, 0.05) is 12.7 Å². The Morgan fingerprint density at radius 2 is 2.50 bits per heavy atom. The molecule has 0 aliphatic heterocycles. The van der Waals surface area contributed by atoms with Gasteiger partial charge in [-0.1, -0.05) is 6.92 Å². The van der Waals surface area contributed by atoms with Gasteiger partial charge >= 0.3 is 0 Å². The van der Waals surface area contributed by atoms with Crippen molar-refractivity contribution in [3.8, 4) is 0 Å². The number of hydrogen-bond acceptors (Lipinski definition) is 4. The van der Waals surface area contributed by atoms with Crippen molar-refractivity contribution in [2.45, 2.75) is 13.3 Å². The molecule has 0 spiro atoms. The van der Waals surface area contributed by atoms with E-state index in [1.807, 2.05) is 0 Å². The zero-order chi connectivity index (χ0) is 8.81. The quantitative estimate of drug-likeness (QED) is 0.679. The van der Waals surface area contributed by atoms with Crippen LogP contribution in [-0.4, -0.2) is 22.8 Å². The van der Waals surface area contributed by atoms with Crippen LogP contribution in [0.15, 0.2) is 12.5 Å².